The molecule has 172 valence electrons. The SMILES string of the molecule is CO[C@@H]1C=C[C@@]23c4cc5c(cc4CN(CCc4ccc(O)cc4)[C@@H]2C(=O)N(C)[C@@H]3C1)OCO5. The largest absolute Gasteiger partial charge is 0.508 e. The second-order valence-corrected chi connectivity index (χ2v) is 9.42. The van der Waals surface area contributed by atoms with Crippen molar-refractivity contribution in [3.8, 4) is 17.2 Å². The lowest BCUT2D eigenvalue weighted by molar-refractivity contribution is -0.132. The van der Waals surface area contributed by atoms with E-state index in [1.807, 2.05) is 24.1 Å². The molecule has 7 heteroatoms. The van der Waals surface area contributed by atoms with Crippen molar-refractivity contribution in [2.75, 3.05) is 27.5 Å². The number of aromatic hydroxyl groups is 1. The molecule has 1 spiro atoms. The first kappa shape index (κ1) is 20.6. The molecule has 0 saturated carbocycles. The number of methoxy groups -OCH3 is 1. The van der Waals surface area contributed by atoms with Crippen molar-refractivity contribution in [2.45, 2.75) is 43.0 Å². The van der Waals surface area contributed by atoms with E-state index in [1.54, 1.807) is 19.2 Å². The van der Waals surface area contributed by atoms with Crippen LogP contribution in [0.2, 0.25) is 0 Å². The number of rotatable bonds is 4. The highest BCUT2D eigenvalue weighted by Gasteiger charge is 2.63. The third-order valence-electron chi connectivity index (χ3n) is 7.83. The maximum absolute atomic E-state index is 13.7. The number of amides is 1. The number of nitrogens with zero attached hydrogens (tertiary/aromatic N) is 2. The van der Waals surface area contributed by atoms with Crippen LogP contribution in [-0.2, 0) is 27.9 Å². The van der Waals surface area contributed by atoms with Gasteiger partial charge < -0.3 is 24.2 Å². The normalized spacial score (nSPS) is 29.7. The summed E-state index contributed by atoms with van der Waals surface area (Å²) >= 11 is 0. The number of fused-ring (bicyclic) bond motifs is 2. The fraction of sp³-hybridized carbons (Fsp3) is 0.423. The minimum Gasteiger partial charge on any atom is -0.508 e. The maximum Gasteiger partial charge on any atom is 0.241 e. The summed E-state index contributed by atoms with van der Waals surface area (Å²) < 4.78 is 17.1. The summed E-state index contributed by atoms with van der Waals surface area (Å²) in [5.74, 6) is 1.93. The summed E-state index contributed by atoms with van der Waals surface area (Å²) in [6, 6.07) is 11.2. The zero-order valence-electron chi connectivity index (χ0n) is 18.9. The molecule has 3 aliphatic heterocycles. The summed E-state index contributed by atoms with van der Waals surface area (Å²) in [6.07, 6.45) is 5.87. The highest BCUT2D eigenvalue weighted by Crippen LogP contribution is 2.54. The second-order valence-electron chi connectivity index (χ2n) is 9.42. The quantitative estimate of drug-likeness (QED) is 0.725. The van der Waals surface area contributed by atoms with Gasteiger partial charge in [-0.3, -0.25) is 9.69 Å². The molecule has 33 heavy (non-hydrogen) atoms. The van der Waals surface area contributed by atoms with Crippen molar-refractivity contribution in [1.29, 1.82) is 0 Å². The molecule has 0 bridgehead atoms. The van der Waals surface area contributed by atoms with E-state index in [9.17, 15) is 9.90 Å². The fourth-order valence-electron chi connectivity index (χ4n) is 6.20. The lowest BCUT2D eigenvalue weighted by atomic mass is 9.63. The third kappa shape index (κ3) is 2.99. The van der Waals surface area contributed by atoms with Crippen LogP contribution in [0.15, 0.2) is 48.6 Å². The minimum atomic E-state index is -0.468. The Hall–Kier alpha value is -3.03. The number of phenols is 1. The Balaban J connectivity index is 1.45. The highest BCUT2D eigenvalue weighted by molar-refractivity contribution is 5.89. The van der Waals surface area contributed by atoms with Crippen molar-refractivity contribution in [1.82, 2.24) is 9.80 Å². The number of carbonyl (C=O) groups excluding carboxylic acids is 1. The summed E-state index contributed by atoms with van der Waals surface area (Å²) in [6.45, 7) is 1.63. The van der Waals surface area contributed by atoms with Gasteiger partial charge in [0.15, 0.2) is 11.5 Å². The molecule has 2 aromatic rings. The molecule has 1 aliphatic carbocycles. The van der Waals surface area contributed by atoms with Gasteiger partial charge in [-0.05, 0) is 53.8 Å². The van der Waals surface area contributed by atoms with E-state index in [4.69, 9.17) is 14.2 Å². The zero-order chi connectivity index (χ0) is 22.7. The first-order valence-corrected chi connectivity index (χ1v) is 11.4. The zero-order valence-corrected chi connectivity index (χ0v) is 18.9. The molecule has 0 unspecified atom stereocenters. The van der Waals surface area contributed by atoms with Gasteiger partial charge >= 0.3 is 0 Å². The lowest BCUT2D eigenvalue weighted by Crippen LogP contribution is -2.58. The Bertz CT molecular complexity index is 1130. The van der Waals surface area contributed by atoms with Crippen molar-refractivity contribution in [3.05, 3.63) is 65.2 Å². The van der Waals surface area contributed by atoms with E-state index < -0.39 is 5.41 Å². The lowest BCUT2D eigenvalue weighted by Gasteiger charge is -2.49. The van der Waals surface area contributed by atoms with Crippen LogP contribution < -0.4 is 9.47 Å². The Kier molecular flexibility index (Phi) is 4.67. The van der Waals surface area contributed by atoms with Crippen LogP contribution >= 0.6 is 0 Å². The molecule has 0 radical (unpaired) electrons. The Morgan fingerprint density at radius 1 is 1.18 bits per heavy atom. The van der Waals surface area contributed by atoms with E-state index in [2.05, 4.69) is 29.2 Å². The molecule has 1 fully saturated rings. The molecule has 4 atom stereocenters. The number of phenolic OH excluding ortho intramolecular Hbond substituents is 1. The molecule has 2 aromatic carbocycles. The average Bonchev–Trinajstić information content (AvgIpc) is 3.38. The van der Waals surface area contributed by atoms with Gasteiger partial charge in [0.2, 0.25) is 12.7 Å². The van der Waals surface area contributed by atoms with Crippen LogP contribution in [0.5, 0.6) is 17.2 Å². The van der Waals surface area contributed by atoms with E-state index >= 15 is 0 Å². The van der Waals surface area contributed by atoms with E-state index in [0.717, 1.165) is 42.0 Å². The van der Waals surface area contributed by atoms with Gasteiger partial charge in [-0.15, -0.1) is 0 Å². The number of ether oxygens (including phenoxy) is 3. The number of carbonyl (C=O) groups is 1. The molecule has 1 N–H and O–H groups in total. The first-order chi connectivity index (χ1) is 16.0. The topological polar surface area (TPSA) is 71.5 Å². The molecule has 7 nitrogen and oxygen atoms in total. The van der Waals surface area contributed by atoms with Gasteiger partial charge in [-0.1, -0.05) is 24.3 Å². The van der Waals surface area contributed by atoms with Crippen molar-refractivity contribution >= 4 is 5.91 Å². The predicted octanol–water partition coefficient (Wildman–Crippen LogP) is 2.60. The number of likely N-dealkylation sites (tertiary alicyclic amines) is 1. The van der Waals surface area contributed by atoms with Crippen LogP contribution in [0.25, 0.3) is 0 Å². The van der Waals surface area contributed by atoms with E-state index in [1.165, 1.54) is 5.56 Å². The van der Waals surface area contributed by atoms with E-state index in [0.29, 0.717) is 6.54 Å². The Morgan fingerprint density at radius 2 is 1.94 bits per heavy atom. The Morgan fingerprint density at radius 3 is 2.70 bits per heavy atom. The molecule has 1 amide bonds. The molecule has 1 saturated heterocycles. The minimum absolute atomic E-state index is 0.000504. The maximum atomic E-state index is 13.7. The molecule has 0 aromatic heterocycles. The number of hydrogen-bond donors (Lipinski definition) is 1. The van der Waals surface area contributed by atoms with Crippen LogP contribution in [0.1, 0.15) is 23.1 Å². The summed E-state index contributed by atoms with van der Waals surface area (Å²) in [7, 11) is 3.64. The van der Waals surface area contributed by atoms with E-state index in [-0.39, 0.29) is 36.6 Å². The predicted molar refractivity (Wildman–Crippen MR) is 121 cm³/mol. The van der Waals surface area contributed by atoms with Gasteiger partial charge in [-0.2, -0.15) is 0 Å². The summed E-state index contributed by atoms with van der Waals surface area (Å²) in [4.78, 5) is 18.0. The smallest absolute Gasteiger partial charge is 0.241 e. The van der Waals surface area contributed by atoms with Crippen LogP contribution in [0, 0.1) is 0 Å². The number of benzene rings is 2. The monoisotopic (exact) mass is 448 g/mol. The van der Waals surface area contributed by atoms with Gasteiger partial charge in [0.25, 0.3) is 0 Å². The molecule has 4 aliphatic rings. The molecule has 6 rings (SSSR count). The summed E-state index contributed by atoms with van der Waals surface area (Å²) in [5.41, 5.74) is 3.00. The first-order valence-electron chi connectivity index (χ1n) is 11.4. The fourth-order valence-corrected chi connectivity index (χ4v) is 6.20. The summed E-state index contributed by atoms with van der Waals surface area (Å²) in [5, 5.41) is 9.62. The second kappa shape index (κ2) is 7.50. The Labute approximate surface area is 193 Å². The number of likely N-dealkylation sites (N-methyl/N-ethyl adjacent to an activating group) is 1. The molecular weight excluding hydrogens is 420 g/mol. The van der Waals surface area contributed by atoms with Gasteiger partial charge in [0, 0.05) is 33.3 Å². The van der Waals surface area contributed by atoms with Crippen molar-refractivity contribution < 1.29 is 24.1 Å². The highest BCUT2D eigenvalue weighted by atomic mass is 16.7. The standard InChI is InChI=1S/C26H28N2O5/c1-27-23-12-19(31-2)7-9-26(23)20-13-22-21(32-15-33-22)11-17(20)14-28(24(26)25(27)30)10-8-16-3-5-18(29)6-4-16/h3-7,9,11,13,19,23-24,29H,8,10,12,14-15H2,1-2H3/t19-,23-,24-,26+/m1/s1. The van der Waals surface area contributed by atoms with Gasteiger partial charge in [-0.25, -0.2) is 0 Å². The van der Waals surface area contributed by atoms with Crippen molar-refractivity contribution in [3.63, 3.8) is 0 Å². The van der Waals surface area contributed by atoms with Gasteiger partial charge in [0.05, 0.1) is 11.5 Å². The molecule has 3 heterocycles. The average molecular weight is 449 g/mol. The molecular formula is C26H28N2O5. The van der Waals surface area contributed by atoms with Crippen LogP contribution in [-0.4, -0.2) is 66.5 Å². The van der Waals surface area contributed by atoms with Crippen LogP contribution in [0.3, 0.4) is 0 Å². The number of hydrogen-bond acceptors (Lipinski definition) is 6. The van der Waals surface area contributed by atoms with Crippen LogP contribution in [0.4, 0.5) is 0 Å². The van der Waals surface area contributed by atoms with Gasteiger partial charge in [0.1, 0.15) is 11.8 Å². The third-order valence-corrected chi connectivity index (χ3v) is 7.83. The van der Waals surface area contributed by atoms with Crippen molar-refractivity contribution in [2.24, 2.45) is 0 Å².